The van der Waals surface area contributed by atoms with Gasteiger partial charge in [0.25, 0.3) is 5.91 Å². The van der Waals surface area contributed by atoms with E-state index in [1.54, 1.807) is 36.4 Å². The number of amides is 1. The van der Waals surface area contributed by atoms with Crippen molar-refractivity contribution in [2.75, 3.05) is 10.2 Å². The fourth-order valence-corrected chi connectivity index (χ4v) is 3.28. The Hall–Kier alpha value is -3.35. The van der Waals surface area contributed by atoms with E-state index in [4.69, 9.17) is 0 Å². The van der Waals surface area contributed by atoms with Gasteiger partial charge in [-0.3, -0.25) is 14.7 Å². The van der Waals surface area contributed by atoms with Crippen LogP contribution in [-0.4, -0.2) is 10.9 Å². The molecule has 4 nitrogen and oxygen atoms in total. The van der Waals surface area contributed by atoms with Gasteiger partial charge in [0, 0.05) is 17.1 Å². The van der Waals surface area contributed by atoms with Gasteiger partial charge in [-0.2, -0.15) is 13.2 Å². The topological polar surface area (TPSA) is 45.2 Å². The zero-order chi connectivity index (χ0) is 19.9. The van der Waals surface area contributed by atoms with E-state index in [-0.39, 0.29) is 11.6 Å². The monoisotopic (exact) mass is 383 g/mol. The third-order valence-corrected chi connectivity index (χ3v) is 4.57. The van der Waals surface area contributed by atoms with Crippen molar-refractivity contribution in [1.82, 2.24) is 4.98 Å². The van der Waals surface area contributed by atoms with Crippen LogP contribution in [0.5, 0.6) is 0 Å². The van der Waals surface area contributed by atoms with Crippen LogP contribution >= 0.6 is 0 Å². The molecule has 0 saturated carbocycles. The number of rotatable bonds is 2. The van der Waals surface area contributed by atoms with Gasteiger partial charge in [0.05, 0.1) is 16.8 Å². The molecule has 0 spiro atoms. The summed E-state index contributed by atoms with van der Waals surface area (Å²) in [5, 5.41) is 3.24. The maximum Gasteiger partial charge on any atom is 0.416 e. The summed E-state index contributed by atoms with van der Waals surface area (Å²) in [6, 6.07) is 17.0. The Morgan fingerprint density at radius 2 is 1.75 bits per heavy atom. The highest BCUT2D eigenvalue weighted by Crippen LogP contribution is 2.38. The fraction of sp³-hybridized carbons (Fsp3) is 0.143. The molecule has 142 valence electrons. The van der Waals surface area contributed by atoms with E-state index < -0.39 is 17.9 Å². The highest BCUT2D eigenvalue weighted by molar-refractivity contribution is 6.12. The minimum absolute atomic E-state index is 0.148. The predicted octanol–water partition coefficient (Wildman–Crippen LogP) is 5.18. The number of hydrogen-bond acceptors (Lipinski definition) is 3. The molecule has 1 aliphatic rings. The van der Waals surface area contributed by atoms with Gasteiger partial charge >= 0.3 is 6.18 Å². The zero-order valence-electron chi connectivity index (χ0n) is 14.9. The summed E-state index contributed by atoms with van der Waals surface area (Å²) in [5.41, 5.74) is 1.63. The van der Waals surface area contributed by atoms with E-state index in [9.17, 15) is 18.0 Å². The largest absolute Gasteiger partial charge is 0.416 e. The van der Waals surface area contributed by atoms with E-state index in [0.717, 1.165) is 17.8 Å². The lowest BCUT2D eigenvalue weighted by Gasteiger charge is -2.37. The molecule has 1 aromatic heterocycles. The quantitative estimate of drug-likeness (QED) is 0.663. The van der Waals surface area contributed by atoms with Crippen molar-refractivity contribution in [1.29, 1.82) is 0 Å². The first-order chi connectivity index (χ1) is 13.3. The summed E-state index contributed by atoms with van der Waals surface area (Å²) < 4.78 is 39.6. The van der Waals surface area contributed by atoms with Gasteiger partial charge in [0.2, 0.25) is 0 Å². The molecule has 3 aromatic rings. The number of nitrogens with zero attached hydrogens (tertiary/aromatic N) is 2. The van der Waals surface area contributed by atoms with Gasteiger partial charge in [-0.1, -0.05) is 24.3 Å². The molecule has 0 fully saturated rings. The number of halogens is 3. The number of nitrogens with one attached hydrogen (secondary N) is 1. The molecule has 2 heterocycles. The first-order valence-corrected chi connectivity index (χ1v) is 8.64. The third kappa shape index (κ3) is 3.19. The number of alkyl halides is 3. The molecule has 1 atom stereocenters. The molecule has 0 aliphatic carbocycles. The van der Waals surface area contributed by atoms with Gasteiger partial charge in [-0.15, -0.1) is 0 Å². The number of carbonyl (C=O) groups excluding carboxylic acids is 1. The Balaban J connectivity index is 1.87. The van der Waals surface area contributed by atoms with Gasteiger partial charge in [-0.25, -0.2) is 0 Å². The smallest absolute Gasteiger partial charge is 0.359 e. The second-order valence-corrected chi connectivity index (χ2v) is 6.52. The molecular weight excluding hydrogens is 367 g/mol. The Morgan fingerprint density at radius 1 is 1.00 bits per heavy atom. The number of para-hydroxylation sites is 1. The normalized spacial score (nSPS) is 16.5. The second-order valence-electron chi connectivity index (χ2n) is 6.52. The second kappa shape index (κ2) is 6.67. The van der Waals surface area contributed by atoms with Crippen LogP contribution in [0, 0.1) is 6.92 Å². The molecule has 0 unspecified atom stereocenters. The molecule has 0 bridgehead atoms. The van der Waals surface area contributed by atoms with E-state index in [2.05, 4.69) is 10.3 Å². The highest BCUT2D eigenvalue weighted by atomic mass is 19.4. The number of carbonyl (C=O) groups is 1. The highest BCUT2D eigenvalue weighted by Gasteiger charge is 2.37. The van der Waals surface area contributed by atoms with Crippen molar-refractivity contribution < 1.29 is 18.0 Å². The van der Waals surface area contributed by atoms with Crippen molar-refractivity contribution in [3.8, 4) is 0 Å². The van der Waals surface area contributed by atoms with E-state index in [1.807, 2.05) is 13.0 Å². The standard InChI is InChI=1S/C21H16F3N3O/c1-13-6-4-11-18(25-13)19-26-17-10-3-2-9-16(17)20(28)27(19)15-8-5-7-14(12-15)21(22,23)24/h2-12,19,26H,1H3/t19-/m0/s1. The Labute approximate surface area is 159 Å². The maximum absolute atomic E-state index is 13.2. The molecule has 0 radical (unpaired) electrons. The van der Waals surface area contributed by atoms with Crippen molar-refractivity contribution in [3.63, 3.8) is 0 Å². The SMILES string of the molecule is Cc1cccc([C@H]2Nc3ccccc3C(=O)N2c2cccc(C(F)(F)F)c2)n1. The van der Waals surface area contributed by atoms with Crippen molar-refractivity contribution in [2.45, 2.75) is 19.3 Å². The summed E-state index contributed by atoms with van der Waals surface area (Å²) >= 11 is 0. The third-order valence-electron chi connectivity index (χ3n) is 4.57. The van der Waals surface area contributed by atoms with E-state index in [0.29, 0.717) is 16.9 Å². The molecule has 1 amide bonds. The first kappa shape index (κ1) is 18.0. The number of aromatic nitrogens is 1. The Kier molecular flexibility index (Phi) is 4.30. The van der Waals surface area contributed by atoms with Crippen molar-refractivity contribution in [2.24, 2.45) is 0 Å². The van der Waals surface area contributed by atoms with Crippen LogP contribution in [0.15, 0.2) is 66.7 Å². The van der Waals surface area contributed by atoms with Gasteiger partial charge in [0.1, 0.15) is 0 Å². The number of hydrogen-bond donors (Lipinski definition) is 1. The number of aryl methyl sites for hydroxylation is 1. The summed E-state index contributed by atoms with van der Waals surface area (Å²) in [4.78, 5) is 19.0. The molecule has 2 aromatic carbocycles. The van der Waals surface area contributed by atoms with E-state index >= 15 is 0 Å². The molecule has 7 heteroatoms. The van der Waals surface area contributed by atoms with Crippen LogP contribution in [0.25, 0.3) is 0 Å². The van der Waals surface area contributed by atoms with Crippen LogP contribution in [-0.2, 0) is 6.18 Å². The van der Waals surface area contributed by atoms with Gasteiger partial charge in [-0.05, 0) is 49.4 Å². The van der Waals surface area contributed by atoms with Gasteiger partial charge in [0.15, 0.2) is 6.17 Å². The minimum atomic E-state index is -4.50. The molecule has 28 heavy (non-hydrogen) atoms. The lowest BCUT2D eigenvalue weighted by molar-refractivity contribution is -0.137. The molecule has 0 saturated heterocycles. The Morgan fingerprint density at radius 3 is 2.50 bits per heavy atom. The number of pyridine rings is 1. The first-order valence-electron chi connectivity index (χ1n) is 8.64. The Bertz CT molecular complexity index is 1050. The van der Waals surface area contributed by atoms with Crippen LogP contribution in [0.2, 0.25) is 0 Å². The van der Waals surface area contributed by atoms with Crippen LogP contribution in [0.3, 0.4) is 0 Å². The number of fused-ring (bicyclic) bond motifs is 1. The lowest BCUT2D eigenvalue weighted by atomic mass is 10.0. The van der Waals surface area contributed by atoms with Crippen molar-refractivity contribution >= 4 is 17.3 Å². The molecule has 1 aliphatic heterocycles. The summed E-state index contributed by atoms with van der Waals surface area (Å²) in [6.45, 7) is 1.82. The maximum atomic E-state index is 13.2. The lowest BCUT2D eigenvalue weighted by Crippen LogP contribution is -2.43. The number of anilines is 2. The van der Waals surface area contributed by atoms with Gasteiger partial charge < -0.3 is 5.32 Å². The van der Waals surface area contributed by atoms with Crippen molar-refractivity contribution in [3.05, 3.63) is 89.2 Å². The van der Waals surface area contributed by atoms with Crippen LogP contribution < -0.4 is 10.2 Å². The van der Waals surface area contributed by atoms with Crippen LogP contribution in [0.4, 0.5) is 24.5 Å². The number of benzene rings is 2. The molecule has 4 rings (SSSR count). The summed E-state index contributed by atoms with van der Waals surface area (Å²) in [6.07, 6.45) is -5.23. The zero-order valence-corrected chi connectivity index (χ0v) is 14.9. The fourth-order valence-electron chi connectivity index (χ4n) is 3.28. The summed E-state index contributed by atoms with van der Waals surface area (Å²) in [5.74, 6) is -0.387. The molecular formula is C21H16F3N3O. The predicted molar refractivity (Wildman–Crippen MR) is 100 cm³/mol. The molecule has 1 N–H and O–H groups in total. The average Bonchev–Trinajstić information content (AvgIpc) is 2.67. The van der Waals surface area contributed by atoms with Crippen LogP contribution in [0.1, 0.15) is 33.5 Å². The van der Waals surface area contributed by atoms with E-state index in [1.165, 1.54) is 17.0 Å². The average molecular weight is 383 g/mol. The summed E-state index contributed by atoms with van der Waals surface area (Å²) in [7, 11) is 0. The minimum Gasteiger partial charge on any atom is -0.359 e.